The van der Waals surface area contributed by atoms with E-state index >= 15 is 0 Å². The van der Waals surface area contributed by atoms with Gasteiger partial charge in [0.15, 0.2) is 0 Å². The second kappa shape index (κ2) is 6.25. The van der Waals surface area contributed by atoms with Crippen molar-refractivity contribution in [2.24, 2.45) is 5.84 Å². The Morgan fingerprint density at radius 3 is 2.80 bits per heavy atom. The van der Waals surface area contributed by atoms with Gasteiger partial charge in [-0.05, 0) is 48.4 Å². The Balaban J connectivity index is 1.68. The number of furan rings is 1. The lowest BCUT2D eigenvalue weighted by Crippen LogP contribution is -2.28. The maximum Gasteiger partial charge on any atom is 0.103 e. The fourth-order valence-corrected chi connectivity index (χ4v) is 2.86. The average molecular weight is 270 g/mol. The van der Waals surface area contributed by atoms with Gasteiger partial charge in [0.05, 0.1) is 6.26 Å². The van der Waals surface area contributed by atoms with Gasteiger partial charge in [0, 0.05) is 12.5 Å². The molecule has 20 heavy (non-hydrogen) atoms. The zero-order valence-electron chi connectivity index (χ0n) is 11.7. The van der Waals surface area contributed by atoms with E-state index in [2.05, 4.69) is 29.7 Å². The summed E-state index contributed by atoms with van der Waals surface area (Å²) in [6, 6.07) is 13.0. The third-order valence-electron chi connectivity index (χ3n) is 4.35. The van der Waals surface area contributed by atoms with Gasteiger partial charge in [-0.2, -0.15) is 0 Å². The van der Waals surface area contributed by atoms with E-state index in [0.717, 1.165) is 24.5 Å². The summed E-state index contributed by atoms with van der Waals surface area (Å²) in [7, 11) is 0. The number of aryl methyl sites for hydroxylation is 1. The number of hydrazine groups is 1. The molecular weight excluding hydrogens is 248 g/mol. The van der Waals surface area contributed by atoms with Crippen molar-refractivity contribution in [2.75, 3.05) is 0 Å². The third-order valence-corrected chi connectivity index (χ3v) is 4.35. The fraction of sp³-hybridized carbons (Fsp3) is 0.412. The molecule has 0 aliphatic heterocycles. The van der Waals surface area contributed by atoms with Crippen molar-refractivity contribution in [3.8, 4) is 0 Å². The number of hydrogen-bond donors (Lipinski definition) is 2. The van der Waals surface area contributed by atoms with E-state index in [1.54, 1.807) is 6.26 Å². The van der Waals surface area contributed by atoms with Crippen molar-refractivity contribution >= 4 is 0 Å². The minimum absolute atomic E-state index is 0.181. The van der Waals surface area contributed by atoms with Gasteiger partial charge in [0.1, 0.15) is 5.76 Å². The molecule has 0 saturated heterocycles. The highest BCUT2D eigenvalue weighted by atomic mass is 16.3. The smallest absolute Gasteiger partial charge is 0.103 e. The molecule has 0 amide bonds. The highest BCUT2D eigenvalue weighted by Crippen LogP contribution is 2.37. The van der Waals surface area contributed by atoms with Crippen molar-refractivity contribution in [1.82, 2.24) is 5.43 Å². The van der Waals surface area contributed by atoms with Gasteiger partial charge in [-0.15, -0.1) is 0 Å². The van der Waals surface area contributed by atoms with Crippen LogP contribution in [0, 0.1) is 0 Å². The van der Waals surface area contributed by atoms with Crippen molar-refractivity contribution in [3.05, 3.63) is 59.5 Å². The van der Waals surface area contributed by atoms with Gasteiger partial charge in [0.2, 0.25) is 0 Å². The summed E-state index contributed by atoms with van der Waals surface area (Å²) in [5, 5.41) is 0. The first-order valence-electron chi connectivity index (χ1n) is 7.45. The Labute approximate surface area is 120 Å². The molecule has 0 bridgehead atoms. The fourth-order valence-electron chi connectivity index (χ4n) is 2.86. The molecule has 1 saturated carbocycles. The van der Waals surface area contributed by atoms with Gasteiger partial charge < -0.3 is 4.42 Å². The second-order valence-electron chi connectivity index (χ2n) is 5.64. The predicted molar refractivity (Wildman–Crippen MR) is 80.1 cm³/mol. The van der Waals surface area contributed by atoms with Crippen LogP contribution < -0.4 is 11.3 Å². The highest BCUT2D eigenvalue weighted by Gasteiger charge is 2.20. The molecule has 1 fully saturated rings. The zero-order valence-corrected chi connectivity index (χ0v) is 11.7. The number of rotatable bonds is 6. The predicted octanol–water partition coefficient (Wildman–Crippen LogP) is 3.68. The first-order valence-corrected chi connectivity index (χ1v) is 7.45. The number of nitrogens with two attached hydrogens (primary N) is 1. The summed E-state index contributed by atoms with van der Waals surface area (Å²) in [5.41, 5.74) is 5.69. The van der Waals surface area contributed by atoms with E-state index in [1.807, 2.05) is 12.1 Å². The molecule has 1 unspecified atom stereocenters. The number of benzene rings is 1. The lowest BCUT2D eigenvalue weighted by molar-refractivity contribution is 0.418. The minimum atomic E-state index is 0.181. The molecule has 1 aromatic heterocycles. The summed E-state index contributed by atoms with van der Waals surface area (Å²) in [6.45, 7) is 0. The summed E-state index contributed by atoms with van der Waals surface area (Å²) < 4.78 is 5.38. The zero-order chi connectivity index (χ0) is 13.8. The lowest BCUT2D eigenvalue weighted by Gasteiger charge is -2.27. The first kappa shape index (κ1) is 13.4. The number of nitrogens with one attached hydrogen (secondary N) is 1. The Bertz CT molecular complexity index is 532. The standard InChI is InChI=1S/C17H22N2O/c18-19-17(10-9-16-8-3-11-20-16)15-7-2-6-14(12-15)13-4-1-5-13/h2-3,6-8,11-13,17,19H,1,4-5,9-10,18H2. The molecule has 2 aromatic rings. The van der Waals surface area contributed by atoms with Crippen LogP contribution in [0.5, 0.6) is 0 Å². The Morgan fingerprint density at radius 1 is 1.25 bits per heavy atom. The number of hydrogen-bond acceptors (Lipinski definition) is 3. The molecule has 1 heterocycles. The van der Waals surface area contributed by atoms with Gasteiger partial charge in [-0.3, -0.25) is 11.3 Å². The van der Waals surface area contributed by atoms with Crippen molar-refractivity contribution in [2.45, 2.75) is 44.1 Å². The summed E-state index contributed by atoms with van der Waals surface area (Å²) >= 11 is 0. The molecule has 0 spiro atoms. The molecule has 3 nitrogen and oxygen atoms in total. The first-order chi connectivity index (χ1) is 9.86. The summed E-state index contributed by atoms with van der Waals surface area (Å²) in [5.74, 6) is 7.51. The SMILES string of the molecule is NNC(CCc1ccco1)c1cccc(C2CCC2)c1. The van der Waals surface area contributed by atoms with Crippen LogP contribution in [0.25, 0.3) is 0 Å². The molecule has 1 aliphatic carbocycles. The molecule has 3 heteroatoms. The van der Waals surface area contributed by atoms with Crippen LogP contribution >= 0.6 is 0 Å². The quantitative estimate of drug-likeness (QED) is 0.622. The van der Waals surface area contributed by atoms with E-state index in [9.17, 15) is 0 Å². The van der Waals surface area contributed by atoms with Crippen molar-refractivity contribution in [3.63, 3.8) is 0 Å². The van der Waals surface area contributed by atoms with E-state index in [-0.39, 0.29) is 6.04 Å². The summed E-state index contributed by atoms with van der Waals surface area (Å²) in [4.78, 5) is 0. The molecular formula is C17H22N2O. The molecule has 3 rings (SSSR count). The second-order valence-corrected chi connectivity index (χ2v) is 5.64. The van der Waals surface area contributed by atoms with Gasteiger partial charge in [0.25, 0.3) is 0 Å². The Kier molecular flexibility index (Phi) is 4.19. The van der Waals surface area contributed by atoms with Crippen LogP contribution in [0.1, 0.15) is 54.5 Å². The normalized spacial score (nSPS) is 16.9. The third kappa shape index (κ3) is 2.94. The van der Waals surface area contributed by atoms with Crippen LogP contribution in [0.3, 0.4) is 0 Å². The Morgan fingerprint density at radius 2 is 2.15 bits per heavy atom. The average Bonchev–Trinajstić information content (AvgIpc) is 2.91. The van der Waals surface area contributed by atoms with Gasteiger partial charge in [-0.25, -0.2) is 0 Å². The molecule has 1 atom stereocenters. The summed E-state index contributed by atoms with van der Waals surface area (Å²) in [6.07, 6.45) is 7.59. The van der Waals surface area contributed by atoms with E-state index in [0.29, 0.717) is 0 Å². The van der Waals surface area contributed by atoms with Gasteiger partial charge >= 0.3 is 0 Å². The molecule has 0 radical (unpaired) electrons. The lowest BCUT2D eigenvalue weighted by atomic mass is 9.79. The maximum absolute atomic E-state index is 5.74. The van der Waals surface area contributed by atoms with E-state index in [4.69, 9.17) is 10.3 Å². The van der Waals surface area contributed by atoms with Crippen LogP contribution in [0.4, 0.5) is 0 Å². The van der Waals surface area contributed by atoms with E-state index < -0.39 is 0 Å². The molecule has 1 aliphatic rings. The maximum atomic E-state index is 5.74. The minimum Gasteiger partial charge on any atom is -0.469 e. The molecule has 106 valence electrons. The van der Waals surface area contributed by atoms with Crippen LogP contribution in [0.2, 0.25) is 0 Å². The highest BCUT2D eigenvalue weighted by molar-refractivity contribution is 5.29. The van der Waals surface area contributed by atoms with Crippen molar-refractivity contribution in [1.29, 1.82) is 0 Å². The monoisotopic (exact) mass is 270 g/mol. The van der Waals surface area contributed by atoms with Crippen LogP contribution in [-0.2, 0) is 6.42 Å². The molecule has 3 N–H and O–H groups in total. The van der Waals surface area contributed by atoms with E-state index in [1.165, 1.54) is 30.4 Å². The van der Waals surface area contributed by atoms with Crippen LogP contribution in [-0.4, -0.2) is 0 Å². The molecule has 1 aromatic carbocycles. The van der Waals surface area contributed by atoms with Gasteiger partial charge in [-0.1, -0.05) is 30.7 Å². The largest absolute Gasteiger partial charge is 0.469 e. The Hall–Kier alpha value is -1.58. The topological polar surface area (TPSA) is 51.2 Å². The van der Waals surface area contributed by atoms with Crippen LogP contribution in [0.15, 0.2) is 47.1 Å². The van der Waals surface area contributed by atoms with Crippen molar-refractivity contribution < 1.29 is 4.42 Å².